The van der Waals surface area contributed by atoms with E-state index in [9.17, 15) is 9.59 Å². The van der Waals surface area contributed by atoms with Gasteiger partial charge >= 0.3 is 0 Å². The Labute approximate surface area is 83.6 Å². The van der Waals surface area contributed by atoms with Crippen molar-refractivity contribution in [2.24, 2.45) is 5.73 Å². The quantitative estimate of drug-likeness (QED) is 0.573. The van der Waals surface area contributed by atoms with Crippen LogP contribution >= 0.6 is 0 Å². The standard InChI is InChI=1S/C9H17N3O2/c1-6(13)11-9-3-4-12(7(2)14)5-8(9)10/h8-9H,3-5,10H2,1-2H3,(H,11,13). The summed E-state index contributed by atoms with van der Waals surface area (Å²) >= 11 is 0. The van der Waals surface area contributed by atoms with Gasteiger partial charge in [-0.1, -0.05) is 0 Å². The average Bonchev–Trinajstić information content (AvgIpc) is 2.07. The van der Waals surface area contributed by atoms with Crippen LogP contribution in [-0.4, -0.2) is 41.9 Å². The number of nitrogens with zero attached hydrogens (tertiary/aromatic N) is 1. The summed E-state index contributed by atoms with van der Waals surface area (Å²) in [6, 6.07) is -0.153. The van der Waals surface area contributed by atoms with E-state index in [2.05, 4.69) is 5.32 Å². The molecule has 1 fully saturated rings. The minimum atomic E-state index is -0.156. The number of rotatable bonds is 1. The Morgan fingerprint density at radius 1 is 1.43 bits per heavy atom. The van der Waals surface area contributed by atoms with Crippen molar-refractivity contribution in [2.75, 3.05) is 13.1 Å². The van der Waals surface area contributed by atoms with Gasteiger partial charge in [0.05, 0.1) is 0 Å². The van der Waals surface area contributed by atoms with Crippen LogP contribution in [0, 0.1) is 0 Å². The molecular weight excluding hydrogens is 182 g/mol. The summed E-state index contributed by atoms with van der Waals surface area (Å²) in [5.41, 5.74) is 5.85. The molecule has 0 radical (unpaired) electrons. The maximum atomic E-state index is 11.1. The summed E-state index contributed by atoms with van der Waals surface area (Å²) in [7, 11) is 0. The summed E-state index contributed by atoms with van der Waals surface area (Å²) in [6.45, 7) is 4.21. The zero-order chi connectivity index (χ0) is 10.7. The molecule has 0 aromatic heterocycles. The van der Waals surface area contributed by atoms with Crippen molar-refractivity contribution in [3.8, 4) is 0 Å². The van der Waals surface area contributed by atoms with E-state index < -0.39 is 0 Å². The summed E-state index contributed by atoms with van der Waals surface area (Å²) in [5, 5.41) is 2.79. The fraction of sp³-hybridized carbons (Fsp3) is 0.778. The predicted molar refractivity (Wildman–Crippen MR) is 52.5 cm³/mol. The summed E-state index contributed by atoms with van der Waals surface area (Å²) < 4.78 is 0. The monoisotopic (exact) mass is 199 g/mol. The molecular formula is C9H17N3O2. The lowest BCUT2D eigenvalue weighted by Gasteiger charge is -2.36. The van der Waals surface area contributed by atoms with Crippen molar-refractivity contribution < 1.29 is 9.59 Å². The molecule has 14 heavy (non-hydrogen) atoms. The lowest BCUT2D eigenvalue weighted by atomic mass is 10.00. The zero-order valence-electron chi connectivity index (χ0n) is 8.62. The van der Waals surface area contributed by atoms with Crippen molar-refractivity contribution >= 4 is 11.8 Å². The van der Waals surface area contributed by atoms with Crippen molar-refractivity contribution in [1.29, 1.82) is 0 Å². The van der Waals surface area contributed by atoms with Gasteiger partial charge in [0.25, 0.3) is 0 Å². The molecule has 0 aliphatic carbocycles. The number of nitrogens with two attached hydrogens (primary N) is 1. The Balaban J connectivity index is 2.47. The van der Waals surface area contributed by atoms with Gasteiger partial charge in [-0.05, 0) is 6.42 Å². The van der Waals surface area contributed by atoms with Gasteiger partial charge in [0.1, 0.15) is 0 Å². The van der Waals surface area contributed by atoms with Crippen LogP contribution in [0.4, 0.5) is 0 Å². The third kappa shape index (κ3) is 2.70. The first-order chi connectivity index (χ1) is 6.50. The van der Waals surface area contributed by atoms with E-state index >= 15 is 0 Å². The molecule has 2 unspecified atom stereocenters. The van der Waals surface area contributed by atoms with E-state index in [4.69, 9.17) is 5.73 Å². The van der Waals surface area contributed by atoms with Gasteiger partial charge in [-0.15, -0.1) is 0 Å². The number of piperidine rings is 1. The van der Waals surface area contributed by atoms with E-state index in [-0.39, 0.29) is 23.9 Å². The Morgan fingerprint density at radius 3 is 2.50 bits per heavy atom. The fourth-order valence-electron chi connectivity index (χ4n) is 1.71. The van der Waals surface area contributed by atoms with Crippen molar-refractivity contribution in [2.45, 2.75) is 32.4 Å². The molecule has 0 aromatic carbocycles. The molecule has 80 valence electrons. The van der Waals surface area contributed by atoms with Crippen LogP contribution in [0.15, 0.2) is 0 Å². The van der Waals surface area contributed by atoms with Crippen LogP contribution < -0.4 is 11.1 Å². The molecule has 1 aliphatic heterocycles. The zero-order valence-corrected chi connectivity index (χ0v) is 8.62. The second-order valence-corrected chi connectivity index (χ2v) is 3.72. The summed E-state index contributed by atoms with van der Waals surface area (Å²) in [4.78, 5) is 23.6. The number of nitrogens with one attached hydrogen (secondary N) is 1. The highest BCUT2D eigenvalue weighted by atomic mass is 16.2. The molecule has 0 saturated carbocycles. The normalized spacial score (nSPS) is 27.2. The van der Waals surface area contributed by atoms with Crippen LogP contribution in [0.5, 0.6) is 0 Å². The van der Waals surface area contributed by atoms with E-state index in [0.29, 0.717) is 13.1 Å². The summed E-state index contributed by atoms with van der Waals surface area (Å²) in [6.07, 6.45) is 0.736. The predicted octanol–water partition coefficient (Wildman–Crippen LogP) is -0.929. The Morgan fingerprint density at radius 2 is 2.07 bits per heavy atom. The Kier molecular flexibility index (Phi) is 3.46. The van der Waals surface area contributed by atoms with Gasteiger partial charge in [-0.25, -0.2) is 0 Å². The van der Waals surface area contributed by atoms with Crippen LogP contribution in [0.1, 0.15) is 20.3 Å². The first kappa shape index (κ1) is 11.0. The topological polar surface area (TPSA) is 75.4 Å². The molecule has 1 saturated heterocycles. The molecule has 0 bridgehead atoms. The van der Waals surface area contributed by atoms with Gasteiger partial charge in [0, 0.05) is 39.0 Å². The lowest BCUT2D eigenvalue weighted by Crippen LogP contribution is -2.58. The van der Waals surface area contributed by atoms with Crippen LogP contribution in [0.2, 0.25) is 0 Å². The molecule has 5 heteroatoms. The molecule has 0 aromatic rings. The number of hydrogen-bond acceptors (Lipinski definition) is 3. The van der Waals surface area contributed by atoms with E-state index in [0.717, 1.165) is 6.42 Å². The lowest BCUT2D eigenvalue weighted by molar-refractivity contribution is -0.130. The molecule has 3 N–H and O–H groups in total. The number of carbonyl (C=O) groups excluding carboxylic acids is 2. The highest BCUT2D eigenvalue weighted by Crippen LogP contribution is 2.09. The average molecular weight is 199 g/mol. The SMILES string of the molecule is CC(=O)NC1CCN(C(C)=O)CC1N. The fourth-order valence-corrected chi connectivity index (χ4v) is 1.71. The van der Waals surface area contributed by atoms with Gasteiger partial charge in [0.15, 0.2) is 0 Å². The molecule has 2 atom stereocenters. The third-order valence-corrected chi connectivity index (χ3v) is 2.49. The third-order valence-electron chi connectivity index (χ3n) is 2.49. The van der Waals surface area contributed by atoms with E-state index in [1.165, 1.54) is 13.8 Å². The second-order valence-electron chi connectivity index (χ2n) is 3.72. The Bertz CT molecular complexity index is 242. The number of carbonyl (C=O) groups is 2. The smallest absolute Gasteiger partial charge is 0.219 e. The van der Waals surface area contributed by atoms with Crippen LogP contribution in [0.3, 0.4) is 0 Å². The summed E-state index contributed by atoms with van der Waals surface area (Å²) in [5.74, 6) is -0.0246. The highest BCUT2D eigenvalue weighted by molar-refractivity contribution is 5.74. The maximum Gasteiger partial charge on any atom is 0.219 e. The Hall–Kier alpha value is -1.10. The van der Waals surface area contributed by atoms with Gasteiger partial charge in [0.2, 0.25) is 11.8 Å². The van der Waals surface area contributed by atoms with Gasteiger partial charge in [-0.3, -0.25) is 9.59 Å². The maximum absolute atomic E-state index is 11.1. The number of hydrogen-bond donors (Lipinski definition) is 2. The van der Waals surface area contributed by atoms with Gasteiger partial charge in [-0.2, -0.15) is 0 Å². The van der Waals surface area contributed by atoms with E-state index in [1.807, 2.05) is 0 Å². The minimum Gasteiger partial charge on any atom is -0.352 e. The van der Waals surface area contributed by atoms with Crippen LogP contribution in [-0.2, 0) is 9.59 Å². The minimum absolute atomic E-state index is 0.00287. The molecule has 1 aliphatic rings. The first-order valence-electron chi connectivity index (χ1n) is 4.79. The van der Waals surface area contributed by atoms with Crippen molar-refractivity contribution in [3.05, 3.63) is 0 Å². The van der Waals surface area contributed by atoms with E-state index in [1.54, 1.807) is 4.90 Å². The van der Waals surface area contributed by atoms with Gasteiger partial charge < -0.3 is 16.0 Å². The molecule has 1 heterocycles. The molecule has 5 nitrogen and oxygen atoms in total. The number of amides is 2. The highest BCUT2D eigenvalue weighted by Gasteiger charge is 2.27. The number of likely N-dealkylation sites (tertiary alicyclic amines) is 1. The first-order valence-corrected chi connectivity index (χ1v) is 4.79. The molecule has 2 amide bonds. The largest absolute Gasteiger partial charge is 0.352 e. The van der Waals surface area contributed by atoms with Crippen molar-refractivity contribution in [1.82, 2.24) is 10.2 Å². The second kappa shape index (κ2) is 4.41. The van der Waals surface area contributed by atoms with Crippen molar-refractivity contribution in [3.63, 3.8) is 0 Å². The van der Waals surface area contributed by atoms with Crippen LogP contribution in [0.25, 0.3) is 0 Å². The molecule has 0 spiro atoms. The molecule has 1 rings (SSSR count).